The second-order valence-corrected chi connectivity index (χ2v) is 30.3. The molecule has 3 rings (SSSR count). The first-order chi connectivity index (χ1) is 50.3. The fourth-order valence-corrected chi connectivity index (χ4v) is 14.3. The smallest absolute Gasteiger partial charge is 0.220 e. The molecule has 0 aromatic carbocycles. The quantitative estimate of drug-likeness (QED) is 0.0199. The zero-order valence-corrected chi connectivity index (χ0v) is 64.8. The van der Waals surface area contributed by atoms with Gasteiger partial charge >= 0.3 is 0 Å². The molecule has 3 aliphatic heterocycles. The van der Waals surface area contributed by atoms with Crippen molar-refractivity contribution >= 4 is 5.91 Å². The average Bonchev–Trinajstić information content (AvgIpc) is 0.781. The van der Waals surface area contributed by atoms with Gasteiger partial charge in [0.2, 0.25) is 5.91 Å². The van der Waals surface area contributed by atoms with Gasteiger partial charge in [0, 0.05) is 6.42 Å². The van der Waals surface area contributed by atoms with E-state index in [2.05, 4.69) is 55.6 Å². The third-order valence-corrected chi connectivity index (χ3v) is 21.1. The number of carbonyl (C=O) groups excluding carboxylic acids is 1. The number of aliphatic hydroxyl groups excluding tert-OH is 11. The van der Waals surface area contributed by atoms with Crippen LogP contribution in [0.3, 0.4) is 0 Å². The van der Waals surface area contributed by atoms with Crippen molar-refractivity contribution in [2.75, 3.05) is 26.4 Å². The van der Waals surface area contributed by atoms with Crippen LogP contribution in [0.15, 0.2) is 48.6 Å². The number of allylic oxidation sites excluding steroid dienone is 7. The van der Waals surface area contributed by atoms with Crippen LogP contribution in [0.4, 0.5) is 0 Å². The Morgan fingerprint density at radius 3 is 0.971 bits per heavy atom. The SMILES string of the molecule is CCCCCCCCCC/C=C\CCCCCCCCCCCCCCCCCCCCCCCCCCCCCC(=O)NC(COC1OC(CO)C(OC2OC(CO)C(OC3OC(CO)C(O)C(O)C3O)C(O)C2O)C(O)C1O)C(O)/C=C/CC/C=C/CC/C=C/CCCCCCCCCCC. The topological polar surface area (TPSA) is 307 Å². The molecule has 0 spiro atoms. The molecule has 0 aromatic rings. The zero-order valence-electron chi connectivity index (χ0n) is 64.8. The number of rotatable bonds is 68. The highest BCUT2D eigenvalue weighted by Crippen LogP contribution is 2.33. The number of ether oxygens (including phenoxy) is 6. The Morgan fingerprint density at radius 1 is 0.340 bits per heavy atom. The molecule has 19 heteroatoms. The summed E-state index contributed by atoms with van der Waals surface area (Å²) in [6.07, 6.45) is 55.7. The third-order valence-electron chi connectivity index (χ3n) is 21.1. The normalized spacial score (nSPS) is 26.2. The third kappa shape index (κ3) is 44.3. The van der Waals surface area contributed by atoms with Crippen LogP contribution in [-0.2, 0) is 33.2 Å². The lowest BCUT2D eigenvalue weighted by molar-refractivity contribution is -0.379. The first-order valence-electron chi connectivity index (χ1n) is 42.4. The largest absolute Gasteiger partial charge is 0.394 e. The van der Waals surface area contributed by atoms with Gasteiger partial charge in [0.1, 0.15) is 73.2 Å². The standard InChI is InChI=1S/C84H155NO18/c1-3-5-7-9-11-13-15-17-19-21-23-24-25-26-27-28-29-30-31-32-33-34-35-36-37-38-39-40-41-42-44-46-48-50-52-54-56-58-60-62-72(90)85-67(68(89)61-59-57-55-53-51-49-47-45-43-22-20-18-16-14-12-10-8-6-4-2)66-98-82-78(96)75(93)80(70(64-87)100-82)103-84-79(97)76(94)81(71(65-88)101-84)102-83-77(95)74(92)73(91)69(63-86)99-83/h21,23,43,45,51,53,59,61,67-71,73-84,86-89,91-97H,3-20,22,24-42,44,46-50,52,54-58,60,62-66H2,1-2H3,(H,85,90)/b23-21-,45-43+,53-51+,61-59+. The molecule has 0 radical (unpaired) electrons. The number of carbonyl (C=O) groups is 1. The summed E-state index contributed by atoms with van der Waals surface area (Å²) < 4.78 is 34.4. The number of amides is 1. The molecule has 3 heterocycles. The zero-order chi connectivity index (χ0) is 74.6. The molecule has 0 saturated carbocycles. The highest BCUT2D eigenvalue weighted by Gasteiger charge is 2.54. The molecule has 12 N–H and O–H groups in total. The van der Waals surface area contributed by atoms with Gasteiger partial charge in [-0.3, -0.25) is 4.79 Å². The van der Waals surface area contributed by atoms with Crippen molar-refractivity contribution in [2.24, 2.45) is 0 Å². The van der Waals surface area contributed by atoms with E-state index in [1.54, 1.807) is 6.08 Å². The molecule has 3 fully saturated rings. The van der Waals surface area contributed by atoms with Crippen molar-refractivity contribution in [1.82, 2.24) is 5.32 Å². The molecule has 0 aliphatic carbocycles. The maximum absolute atomic E-state index is 13.5. The van der Waals surface area contributed by atoms with E-state index in [0.717, 1.165) is 44.9 Å². The monoisotopic (exact) mass is 1470 g/mol. The average molecular weight is 1470 g/mol. The molecule has 604 valence electrons. The summed E-state index contributed by atoms with van der Waals surface area (Å²) in [6.45, 7) is 1.75. The Labute approximate surface area is 624 Å². The van der Waals surface area contributed by atoms with Gasteiger partial charge in [0.15, 0.2) is 18.9 Å². The number of hydrogen-bond acceptors (Lipinski definition) is 18. The highest BCUT2D eigenvalue weighted by atomic mass is 16.8. The van der Waals surface area contributed by atoms with E-state index in [4.69, 9.17) is 28.4 Å². The molecule has 1 amide bonds. The highest BCUT2D eigenvalue weighted by molar-refractivity contribution is 5.76. The van der Waals surface area contributed by atoms with Crippen LogP contribution in [0, 0.1) is 0 Å². The van der Waals surface area contributed by atoms with E-state index in [1.165, 1.54) is 270 Å². The van der Waals surface area contributed by atoms with Crippen molar-refractivity contribution in [3.63, 3.8) is 0 Å². The molecule has 3 saturated heterocycles. The molecule has 17 atom stereocenters. The molecule has 17 unspecified atom stereocenters. The Bertz CT molecular complexity index is 2050. The molecule has 0 bridgehead atoms. The Balaban J connectivity index is 1.31. The van der Waals surface area contributed by atoms with Crippen molar-refractivity contribution < 1.29 is 89.4 Å². The first kappa shape index (κ1) is 95.0. The Morgan fingerprint density at radius 2 is 0.621 bits per heavy atom. The maximum atomic E-state index is 13.5. The first-order valence-corrected chi connectivity index (χ1v) is 42.4. The molecular weight excluding hydrogens is 1310 g/mol. The summed E-state index contributed by atoms with van der Waals surface area (Å²) in [5.41, 5.74) is 0. The van der Waals surface area contributed by atoms with E-state index in [9.17, 15) is 61.0 Å². The van der Waals surface area contributed by atoms with Crippen molar-refractivity contribution in [3.05, 3.63) is 48.6 Å². The Hall–Kier alpha value is -2.25. The summed E-state index contributed by atoms with van der Waals surface area (Å²) in [6, 6.07) is -0.997. The molecule has 103 heavy (non-hydrogen) atoms. The molecule has 19 nitrogen and oxygen atoms in total. The van der Waals surface area contributed by atoms with Gasteiger partial charge in [-0.1, -0.05) is 319 Å². The number of unbranched alkanes of at least 4 members (excludes halogenated alkanes) is 46. The second-order valence-electron chi connectivity index (χ2n) is 30.3. The number of aliphatic hydroxyl groups is 11. The van der Waals surface area contributed by atoms with E-state index in [0.29, 0.717) is 12.8 Å². The van der Waals surface area contributed by atoms with Crippen LogP contribution in [0.5, 0.6) is 0 Å². The fourth-order valence-electron chi connectivity index (χ4n) is 14.3. The predicted molar refractivity (Wildman–Crippen MR) is 411 cm³/mol. The predicted octanol–water partition coefficient (Wildman–Crippen LogP) is 14.8. The summed E-state index contributed by atoms with van der Waals surface area (Å²) in [5, 5.41) is 121. The maximum Gasteiger partial charge on any atom is 0.220 e. The van der Waals surface area contributed by atoms with Crippen LogP contribution in [0.25, 0.3) is 0 Å². The van der Waals surface area contributed by atoms with Crippen LogP contribution >= 0.6 is 0 Å². The van der Waals surface area contributed by atoms with Gasteiger partial charge in [0.25, 0.3) is 0 Å². The van der Waals surface area contributed by atoms with E-state index in [1.807, 2.05) is 6.08 Å². The van der Waals surface area contributed by atoms with Gasteiger partial charge in [-0.25, -0.2) is 0 Å². The van der Waals surface area contributed by atoms with Crippen LogP contribution in [-0.4, -0.2) is 193 Å². The van der Waals surface area contributed by atoms with Crippen LogP contribution < -0.4 is 5.32 Å². The van der Waals surface area contributed by atoms with E-state index < -0.39 is 124 Å². The van der Waals surface area contributed by atoms with E-state index >= 15 is 0 Å². The van der Waals surface area contributed by atoms with Gasteiger partial charge in [-0.2, -0.15) is 0 Å². The lowest BCUT2D eigenvalue weighted by atomic mass is 9.96. The number of hydrogen-bond donors (Lipinski definition) is 12. The second kappa shape index (κ2) is 64.6. The van der Waals surface area contributed by atoms with Crippen LogP contribution in [0.2, 0.25) is 0 Å². The minimum absolute atomic E-state index is 0.235. The minimum atomic E-state index is -1.98. The summed E-state index contributed by atoms with van der Waals surface area (Å²) in [7, 11) is 0. The number of nitrogens with one attached hydrogen (secondary N) is 1. The minimum Gasteiger partial charge on any atom is -0.394 e. The van der Waals surface area contributed by atoms with Crippen molar-refractivity contribution in [3.8, 4) is 0 Å². The molecular formula is C84H155NO18. The molecule has 3 aliphatic rings. The lowest BCUT2D eigenvalue weighted by Crippen LogP contribution is -2.66. The van der Waals surface area contributed by atoms with Gasteiger partial charge < -0.3 is 89.9 Å². The fraction of sp³-hybridized carbons (Fsp3) is 0.893. The summed E-state index contributed by atoms with van der Waals surface area (Å²) in [4.78, 5) is 13.5. The van der Waals surface area contributed by atoms with E-state index in [-0.39, 0.29) is 18.9 Å². The van der Waals surface area contributed by atoms with Gasteiger partial charge in [-0.15, -0.1) is 0 Å². The lowest BCUT2D eigenvalue weighted by Gasteiger charge is -2.48. The van der Waals surface area contributed by atoms with Gasteiger partial charge in [-0.05, 0) is 70.6 Å². The Kier molecular flexibility index (Phi) is 59.5. The van der Waals surface area contributed by atoms with Crippen molar-refractivity contribution in [2.45, 2.75) is 452 Å². The van der Waals surface area contributed by atoms with Crippen LogP contribution in [0.1, 0.15) is 348 Å². The van der Waals surface area contributed by atoms with Crippen molar-refractivity contribution in [1.29, 1.82) is 0 Å². The van der Waals surface area contributed by atoms with Gasteiger partial charge in [0.05, 0.1) is 38.6 Å². The summed E-state index contributed by atoms with van der Waals surface area (Å²) >= 11 is 0. The molecule has 0 aromatic heterocycles. The summed E-state index contributed by atoms with van der Waals surface area (Å²) in [5.74, 6) is -0.284.